The molecule has 0 aliphatic heterocycles. The summed E-state index contributed by atoms with van der Waals surface area (Å²) in [5.41, 5.74) is 6.00. The van der Waals surface area contributed by atoms with Crippen molar-refractivity contribution in [3.63, 3.8) is 0 Å². The van der Waals surface area contributed by atoms with Gasteiger partial charge >= 0.3 is 6.18 Å². The van der Waals surface area contributed by atoms with Crippen molar-refractivity contribution < 1.29 is 26.7 Å². The lowest BCUT2D eigenvalue weighted by Crippen LogP contribution is -2.31. The molecule has 0 atom stereocenters. The molecule has 1 amide bonds. The van der Waals surface area contributed by atoms with Crippen LogP contribution in [-0.4, -0.2) is 25.8 Å². The molecule has 3 aromatic heterocycles. The molecule has 180 valence electrons. The van der Waals surface area contributed by atoms with Gasteiger partial charge in [-0.25, -0.2) is 13.8 Å². The van der Waals surface area contributed by atoms with Crippen LogP contribution < -0.4 is 5.73 Å². The van der Waals surface area contributed by atoms with Gasteiger partial charge in [0.1, 0.15) is 17.5 Å². The van der Waals surface area contributed by atoms with Gasteiger partial charge in [0, 0.05) is 22.7 Å². The molecule has 4 rings (SSSR count). The number of alkyl halides is 3. The normalized spacial score (nSPS) is 11.6. The molecule has 3 heterocycles. The number of amides is 1. The molecule has 11 heteroatoms. The molecule has 0 saturated carbocycles. The molecule has 6 nitrogen and oxygen atoms in total. The van der Waals surface area contributed by atoms with E-state index in [0.29, 0.717) is 28.5 Å². The van der Waals surface area contributed by atoms with Crippen LogP contribution in [0.25, 0.3) is 10.9 Å². The Morgan fingerprint density at radius 2 is 1.71 bits per heavy atom. The third kappa shape index (κ3) is 5.18. The number of carbonyl (C=O) groups excluding carboxylic acids is 1. The predicted molar refractivity (Wildman–Crippen MR) is 118 cm³/mol. The van der Waals surface area contributed by atoms with Gasteiger partial charge in [0.2, 0.25) is 0 Å². The van der Waals surface area contributed by atoms with E-state index in [1.165, 1.54) is 6.07 Å². The Labute approximate surface area is 196 Å². The molecule has 0 fully saturated rings. The number of rotatable bonds is 5. The zero-order valence-electron chi connectivity index (χ0n) is 18.3. The fourth-order valence-corrected chi connectivity index (χ4v) is 3.47. The summed E-state index contributed by atoms with van der Waals surface area (Å²) in [6.45, 7) is 0.960. The summed E-state index contributed by atoms with van der Waals surface area (Å²) in [7, 11) is 0. The van der Waals surface area contributed by atoms with Crippen molar-refractivity contribution >= 4 is 22.6 Å². The standard InChI is InChI=1S/C24H18F5N5O/c1-13-6-15-7-14(2-5-21(15)33-22(13)30)23(35)34(12-18-19(25)9-31-10-20(18)26)11-17-4-3-16(8-32-17)24(27,28)29/h2-10H,11-12H2,1H3,(H2,30,33). The molecule has 0 radical (unpaired) electrons. The molecule has 0 unspecified atom stereocenters. The summed E-state index contributed by atoms with van der Waals surface area (Å²) in [6.07, 6.45) is -2.32. The van der Waals surface area contributed by atoms with E-state index in [1.54, 1.807) is 25.1 Å². The number of hydrogen-bond acceptors (Lipinski definition) is 5. The number of nitrogens with two attached hydrogens (primary N) is 1. The van der Waals surface area contributed by atoms with E-state index in [1.807, 2.05) is 0 Å². The highest BCUT2D eigenvalue weighted by Crippen LogP contribution is 2.29. The van der Waals surface area contributed by atoms with E-state index in [0.717, 1.165) is 29.4 Å². The number of aromatic nitrogens is 3. The van der Waals surface area contributed by atoms with Gasteiger partial charge in [-0.1, -0.05) is 0 Å². The van der Waals surface area contributed by atoms with E-state index in [9.17, 15) is 26.7 Å². The number of aryl methyl sites for hydroxylation is 1. The Balaban J connectivity index is 1.71. The van der Waals surface area contributed by atoms with Gasteiger partial charge in [0.05, 0.1) is 42.3 Å². The number of carbonyl (C=O) groups is 1. The second kappa shape index (κ2) is 9.24. The second-order valence-corrected chi connectivity index (χ2v) is 7.88. The van der Waals surface area contributed by atoms with Gasteiger partial charge < -0.3 is 10.6 Å². The number of nitrogen functional groups attached to an aromatic ring is 1. The predicted octanol–water partition coefficient (Wildman–Crippen LogP) is 5.06. The first kappa shape index (κ1) is 24.0. The highest BCUT2D eigenvalue weighted by atomic mass is 19.4. The fraction of sp³-hybridized carbons (Fsp3) is 0.167. The average Bonchev–Trinajstić information content (AvgIpc) is 2.80. The van der Waals surface area contributed by atoms with Gasteiger partial charge in [0.15, 0.2) is 0 Å². The first-order chi connectivity index (χ1) is 16.5. The van der Waals surface area contributed by atoms with Crippen molar-refractivity contribution in [2.45, 2.75) is 26.2 Å². The molecule has 0 spiro atoms. The van der Waals surface area contributed by atoms with Crippen LogP contribution in [0, 0.1) is 18.6 Å². The first-order valence-corrected chi connectivity index (χ1v) is 10.3. The van der Waals surface area contributed by atoms with Crippen LogP contribution in [0.5, 0.6) is 0 Å². The van der Waals surface area contributed by atoms with Crippen LogP contribution in [-0.2, 0) is 19.3 Å². The molecule has 2 N–H and O–H groups in total. The second-order valence-electron chi connectivity index (χ2n) is 7.88. The van der Waals surface area contributed by atoms with E-state index in [-0.39, 0.29) is 17.8 Å². The van der Waals surface area contributed by atoms with E-state index >= 15 is 0 Å². The van der Waals surface area contributed by atoms with Crippen molar-refractivity contribution in [3.05, 3.63) is 94.6 Å². The number of halogens is 5. The highest BCUT2D eigenvalue weighted by Gasteiger charge is 2.31. The smallest absolute Gasteiger partial charge is 0.383 e. The monoisotopic (exact) mass is 487 g/mol. The third-order valence-corrected chi connectivity index (χ3v) is 5.38. The van der Waals surface area contributed by atoms with Crippen molar-refractivity contribution in [2.75, 3.05) is 5.73 Å². The maximum Gasteiger partial charge on any atom is 0.417 e. The summed E-state index contributed by atoms with van der Waals surface area (Å²) >= 11 is 0. The molecular weight excluding hydrogens is 469 g/mol. The summed E-state index contributed by atoms with van der Waals surface area (Å²) in [5, 5.41) is 0.622. The van der Waals surface area contributed by atoms with Gasteiger partial charge in [0.25, 0.3) is 5.91 Å². The van der Waals surface area contributed by atoms with Gasteiger partial charge in [-0.2, -0.15) is 13.2 Å². The average molecular weight is 487 g/mol. The molecule has 0 aliphatic carbocycles. The van der Waals surface area contributed by atoms with Crippen LogP contribution in [0.3, 0.4) is 0 Å². The van der Waals surface area contributed by atoms with E-state index < -0.39 is 41.4 Å². The lowest BCUT2D eigenvalue weighted by molar-refractivity contribution is -0.137. The largest absolute Gasteiger partial charge is 0.417 e. The maximum atomic E-state index is 14.3. The Bertz CT molecular complexity index is 1390. The van der Waals surface area contributed by atoms with Gasteiger partial charge in [-0.3, -0.25) is 14.8 Å². The van der Waals surface area contributed by atoms with Gasteiger partial charge in [-0.05, 0) is 48.9 Å². The molecule has 35 heavy (non-hydrogen) atoms. The number of anilines is 1. The molecule has 1 aromatic carbocycles. The van der Waals surface area contributed by atoms with Crippen molar-refractivity contribution in [1.29, 1.82) is 0 Å². The number of benzene rings is 1. The van der Waals surface area contributed by atoms with E-state index in [4.69, 9.17) is 5.73 Å². The maximum absolute atomic E-state index is 14.3. The highest BCUT2D eigenvalue weighted by molar-refractivity contribution is 5.98. The Morgan fingerprint density at radius 1 is 1.00 bits per heavy atom. The minimum absolute atomic E-state index is 0.104. The van der Waals surface area contributed by atoms with Crippen LogP contribution in [0.2, 0.25) is 0 Å². The topological polar surface area (TPSA) is 85.0 Å². The zero-order chi connectivity index (χ0) is 25.3. The van der Waals surface area contributed by atoms with Crippen LogP contribution in [0.1, 0.15) is 32.7 Å². The van der Waals surface area contributed by atoms with Crippen molar-refractivity contribution in [1.82, 2.24) is 19.9 Å². The molecule has 4 aromatic rings. The molecule has 0 bridgehead atoms. The SMILES string of the molecule is Cc1cc2cc(C(=O)N(Cc3ccc(C(F)(F)F)cn3)Cc3c(F)cncc3F)ccc2nc1N. The molecular formula is C24H18F5N5O. The number of pyridine rings is 3. The minimum atomic E-state index is -4.58. The molecule has 0 saturated heterocycles. The van der Waals surface area contributed by atoms with Crippen molar-refractivity contribution in [3.8, 4) is 0 Å². The Kier molecular flexibility index (Phi) is 6.33. The number of fused-ring (bicyclic) bond motifs is 1. The van der Waals surface area contributed by atoms with E-state index in [2.05, 4.69) is 15.0 Å². The summed E-state index contributed by atoms with van der Waals surface area (Å²) < 4.78 is 67.2. The molecule has 0 aliphatic rings. The quantitative estimate of drug-likeness (QED) is 0.398. The zero-order valence-corrected chi connectivity index (χ0v) is 18.3. The number of hydrogen-bond donors (Lipinski definition) is 1. The first-order valence-electron chi connectivity index (χ1n) is 10.3. The van der Waals surface area contributed by atoms with Crippen LogP contribution in [0.15, 0.2) is 55.0 Å². The Hall–Kier alpha value is -4.15. The lowest BCUT2D eigenvalue weighted by atomic mass is 10.1. The third-order valence-electron chi connectivity index (χ3n) is 5.38. The summed E-state index contributed by atoms with van der Waals surface area (Å²) in [4.78, 5) is 26.0. The fourth-order valence-electron chi connectivity index (χ4n) is 3.47. The van der Waals surface area contributed by atoms with Crippen LogP contribution >= 0.6 is 0 Å². The van der Waals surface area contributed by atoms with Crippen LogP contribution in [0.4, 0.5) is 27.8 Å². The summed E-state index contributed by atoms with van der Waals surface area (Å²) in [6, 6.07) is 8.31. The minimum Gasteiger partial charge on any atom is -0.383 e. The van der Waals surface area contributed by atoms with Crippen molar-refractivity contribution in [2.24, 2.45) is 0 Å². The lowest BCUT2D eigenvalue weighted by Gasteiger charge is -2.23. The number of nitrogens with zero attached hydrogens (tertiary/aromatic N) is 4. The van der Waals surface area contributed by atoms with Gasteiger partial charge in [-0.15, -0.1) is 0 Å². The Morgan fingerprint density at radius 3 is 2.34 bits per heavy atom. The summed E-state index contributed by atoms with van der Waals surface area (Å²) in [5.74, 6) is -2.19.